The van der Waals surface area contributed by atoms with E-state index in [2.05, 4.69) is 89.6 Å². The molecule has 4 bridgehead atoms. The van der Waals surface area contributed by atoms with Crippen LogP contribution in [0.3, 0.4) is 0 Å². The van der Waals surface area contributed by atoms with Gasteiger partial charge in [0.2, 0.25) is 0 Å². The lowest BCUT2D eigenvalue weighted by atomic mass is 9.48. The van der Waals surface area contributed by atoms with Gasteiger partial charge in [0.05, 0.1) is 17.6 Å². The van der Waals surface area contributed by atoms with Crippen LogP contribution in [-0.4, -0.2) is 10.8 Å². The van der Waals surface area contributed by atoms with Gasteiger partial charge >= 0.3 is 0 Å². The summed E-state index contributed by atoms with van der Waals surface area (Å²) in [5.74, 6) is 2.95. The van der Waals surface area contributed by atoms with Crippen molar-refractivity contribution in [3.63, 3.8) is 0 Å². The van der Waals surface area contributed by atoms with Crippen LogP contribution < -0.4 is 0 Å². The summed E-state index contributed by atoms with van der Waals surface area (Å²) in [5, 5.41) is 2.52. The average molecular weight is 431 g/mol. The highest BCUT2D eigenvalue weighted by Crippen LogP contribution is 2.60. The van der Waals surface area contributed by atoms with Crippen molar-refractivity contribution in [2.24, 2.45) is 22.7 Å². The van der Waals surface area contributed by atoms with Gasteiger partial charge in [-0.1, -0.05) is 42.5 Å². The van der Waals surface area contributed by atoms with E-state index in [-0.39, 0.29) is 0 Å². The van der Waals surface area contributed by atoms with Crippen LogP contribution in [0.2, 0.25) is 0 Å². The smallest absolute Gasteiger partial charge is 0.0639 e. The Morgan fingerprint density at radius 1 is 0.727 bits per heavy atom. The lowest BCUT2D eigenvalue weighted by Gasteiger charge is -2.57. The van der Waals surface area contributed by atoms with Crippen LogP contribution in [0.25, 0.3) is 16.5 Å². The Bertz CT molecular complexity index is 1310. The molecule has 0 unspecified atom stereocenters. The van der Waals surface area contributed by atoms with Crippen molar-refractivity contribution in [1.29, 1.82) is 0 Å². The SMILES string of the molecule is C(=Nc1ccc(C23CC4CC(CC(C4)C2)C3)cc1)c1cccn1-c1ccc2ccccc2c1. The molecule has 4 fully saturated rings. The third-order valence-electron chi connectivity index (χ3n) is 8.66. The molecule has 1 heterocycles. The van der Waals surface area contributed by atoms with Gasteiger partial charge in [-0.2, -0.15) is 0 Å². The van der Waals surface area contributed by atoms with Gasteiger partial charge in [-0.3, -0.25) is 4.99 Å². The van der Waals surface area contributed by atoms with Crippen LogP contribution in [0.15, 0.2) is 90.1 Å². The Balaban J connectivity index is 1.14. The van der Waals surface area contributed by atoms with Gasteiger partial charge in [0, 0.05) is 11.9 Å². The molecule has 0 radical (unpaired) electrons. The largest absolute Gasteiger partial charge is 0.316 e. The second-order valence-corrected chi connectivity index (χ2v) is 10.8. The quantitative estimate of drug-likeness (QED) is 0.293. The van der Waals surface area contributed by atoms with Crippen molar-refractivity contribution >= 4 is 22.7 Å². The Hall–Kier alpha value is -3.13. The zero-order valence-electron chi connectivity index (χ0n) is 19.0. The Labute approximate surface area is 196 Å². The number of nitrogens with zero attached hydrogens (tertiary/aromatic N) is 2. The van der Waals surface area contributed by atoms with E-state index in [1.807, 2.05) is 6.21 Å². The van der Waals surface area contributed by atoms with Gasteiger partial charge in [-0.15, -0.1) is 0 Å². The normalized spacial score (nSPS) is 28.2. The predicted molar refractivity (Wildman–Crippen MR) is 137 cm³/mol. The molecule has 0 N–H and O–H groups in total. The second-order valence-electron chi connectivity index (χ2n) is 10.8. The van der Waals surface area contributed by atoms with Gasteiger partial charge in [-0.25, -0.2) is 0 Å². The maximum absolute atomic E-state index is 4.84. The van der Waals surface area contributed by atoms with Gasteiger partial charge < -0.3 is 4.57 Å². The minimum absolute atomic E-state index is 0.460. The van der Waals surface area contributed by atoms with E-state index in [1.54, 1.807) is 5.56 Å². The summed E-state index contributed by atoms with van der Waals surface area (Å²) in [5.41, 5.74) is 5.32. The standard InChI is InChI=1S/C31H30N2/c1-2-5-26-17-29(12-7-25(26)4-1)33-13-3-6-30(33)21-32-28-10-8-27(9-11-28)31-18-22-14-23(19-31)16-24(15-22)20-31/h1-13,17,21-24H,14-16,18-20H2. The van der Waals surface area contributed by atoms with Crippen LogP contribution >= 0.6 is 0 Å². The zero-order valence-corrected chi connectivity index (χ0v) is 19.0. The molecule has 0 aliphatic heterocycles. The first-order valence-corrected chi connectivity index (χ1v) is 12.6. The van der Waals surface area contributed by atoms with Gasteiger partial charge in [0.25, 0.3) is 0 Å². The van der Waals surface area contributed by atoms with E-state index in [0.717, 1.165) is 34.8 Å². The van der Waals surface area contributed by atoms with Crippen molar-refractivity contribution in [3.05, 3.63) is 96.3 Å². The Morgan fingerprint density at radius 2 is 1.42 bits per heavy atom. The van der Waals surface area contributed by atoms with E-state index in [0.29, 0.717) is 5.41 Å². The summed E-state index contributed by atoms with van der Waals surface area (Å²) in [6, 6.07) is 28.6. The maximum atomic E-state index is 4.84. The predicted octanol–water partition coefficient (Wildman–Crippen LogP) is 7.85. The van der Waals surface area contributed by atoms with Crippen molar-refractivity contribution in [1.82, 2.24) is 4.57 Å². The highest BCUT2D eigenvalue weighted by Gasteiger charge is 2.51. The van der Waals surface area contributed by atoms with Crippen LogP contribution in [-0.2, 0) is 5.41 Å². The summed E-state index contributed by atoms with van der Waals surface area (Å²) in [6.45, 7) is 0. The molecule has 3 aromatic carbocycles. The van der Waals surface area contributed by atoms with E-state index < -0.39 is 0 Å². The van der Waals surface area contributed by atoms with Crippen molar-refractivity contribution in [2.75, 3.05) is 0 Å². The number of hydrogen-bond donors (Lipinski definition) is 0. The second kappa shape index (κ2) is 7.45. The summed E-state index contributed by atoms with van der Waals surface area (Å²) < 4.78 is 2.21. The molecule has 8 rings (SSSR count). The fraction of sp³-hybridized carbons (Fsp3) is 0.323. The minimum Gasteiger partial charge on any atom is -0.316 e. The summed E-state index contributed by atoms with van der Waals surface area (Å²) in [6.07, 6.45) is 12.9. The molecule has 4 aromatic rings. The Kier molecular flexibility index (Phi) is 4.37. The number of fused-ring (bicyclic) bond motifs is 1. The number of aliphatic imine (C=N–C) groups is 1. The fourth-order valence-electron chi connectivity index (χ4n) is 7.57. The third kappa shape index (κ3) is 3.35. The first-order chi connectivity index (χ1) is 16.2. The van der Waals surface area contributed by atoms with Crippen molar-refractivity contribution < 1.29 is 0 Å². The number of aromatic nitrogens is 1. The first-order valence-electron chi connectivity index (χ1n) is 12.6. The molecule has 164 valence electrons. The molecule has 4 aliphatic rings. The summed E-state index contributed by atoms with van der Waals surface area (Å²) >= 11 is 0. The molecule has 0 amide bonds. The molecule has 0 saturated heterocycles. The fourth-order valence-corrected chi connectivity index (χ4v) is 7.57. The third-order valence-corrected chi connectivity index (χ3v) is 8.66. The molecule has 4 saturated carbocycles. The van der Waals surface area contributed by atoms with Gasteiger partial charge in [0.1, 0.15) is 0 Å². The number of benzene rings is 3. The molecular formula is C31H30N2. The molecule has 1 aromatic heterocycles. The highest BCUT2D eigenvalue weighted by molar-refractivity contribution is 5.86. The van der Waals surface area contributed by atoms with Crippen LogP contribution in [0.4, 0.5) is 5.69 Å². The van der Waals surface area contributed by atoms with Gasteiger partial charge in [-0.05, 0) is 114 Å². The van der Waals surface area contributed by atoms with E-state index in [1.165, 1.54) is 49.3 Å². The highest BCUT2D eigenvalue weighted by atomic mass is 15.0. The zero-order chi connectivity index (χ0) is 21.8. The average Bonchev–Trinajstić information content (AvgIpc) is 3.31. The Morgan fingerprint density at radius 3 is 2.15 bits per heavy atom. The molecular weight excluding hydrogens is 400 g/mol. The lowest BCUT2D eigenvalue weighted by molar-refractivity contribution is -0.00518. The monoisotopic (exact) mass is 430 g/mol. The van der Waals surface area contributed by atoms with E-state index in [4.69, 9.17) is 4.99 Å². The molecule has 0 spiro atoms. The van der Waals surface area contributed by atoms with E-state index in [9.17, 15) is 0 Å². The molecule has 4 aliphatic carbocycles. The number of hydrogen-bond acceptors (Lipinski definition) is 1. The van der Waals surface area contributed by atoms with Crippen LogP contribution in [0.5, 0.6) is 0 Å². The number of rotatable bonds is 4. The first kappa shape index (κ1) is 19.3. The van der Waals surface area contributed by atoms with Crippen LogP contribution in [0.1, 0.15) is 49.8 Å². The topological polar surface area (TPSA) is 17.3 Å². The molecule has 33 heavy (non-hydrogen) atoms. The van der Waals surface area contributed by atoms with Crippen molar-refractivity contribution in [3.8, 4) is 5.69 Å². The molecule has 2 nitrogen and oxygen atoms in total. The van der Waals surface area contributed by atoms with Crippen LogP contribution in [0, 0.1) is 17.8 Å². The van der Waals surface area contributed by atoms with Crippen molar-refractivity contribution in [2.45, 2.75) is 43.9 Å². The minimum atomic E-state index is 0.460. The molecule has 2 heteroatoms. The summed E-state index contributed by atoms with van der Waals surface area (Å²) in [4.78, 5) is 4.84. The van der Waals surface area contributed by atoms with E-state index >= 15 is 0 Å². The maximum Gasteiger partial charge on any atom is 0.0639 e. The lowest BCUT2D eigenvalue weighted by Crippen LogP contribution is -2.48. The molecule has 0 atom stereocenters. The summed E-state index contributed by atoms with van der Waals surface area (Å²) in [7, 11) is 0. The van der Waals surface area contributed by atoms with Gasteiger partial charge in [0.15, 0.2) is 0 Å².